The molecule has 0 spiro atoms. The lowest BCUT2D eigenvalue weighted by molar-refractivity contribution is -0.104. The SMILES string of the molecule is O=CC(=O)c1c2ccccc2cn1CCCCCCS. The lowest BCUT2D eigenvalue weighted by Gasteiger charge is -2.06. The van der Waals surface area contributed by atoms with Crippen LogP contribution in [0.4, 0.5) is 0 Å². The Bertz CT molecular complexity index is 604. The van der Waals surface area contributed by atoms with Crippen LogP contribution in [0.3, 0.4) is 0 Å². The molecule has 1 heterocycles. The second-order valence-electron chi connectivity index (χ2n) is 4.88. The number of aromatic nitrogens is 1. The average molecular weight is 289 g/mol. The Labute approximate surface area is 124 Å². The number of hydrogen-bond acceptors (Lipinski definition) is 3. The van der Waals surface area contributed by atoms with E-state index in [0.717, 1.165) is 48.8 Å². The number of benzene rings is 1. The van der Waals surface area contributed by atoms with Crippen molar-refractivity contribution in [2.45, 2.75) is 32.2 Å². The van der Waals surface area contributed by atoms with Crippen LogP contribution in [0.5, 0.6) is 0 Å². The Kier molecular flexibility index (Phi) is 5.41. The lowest BCUT2D eigenvalue weighted by Crippen LogP contribution is -2.10. The number of ketones is 1. The van der Waals surface area contributed by atoms with Crippen molar-refractivity contribution in [3.05, 3.63) is 36.2 Å². The first-order valence-electron chi connectivity index (χ1n) is 6.96. The van der Waals surface area contributed by atoms with Gasteiger partial charge in [-0.2, -0.15) is 12.6 Å². The molecule has 0 aliphatic rings. The number of rotatable bonds is 8. The molecule has 0 saturated heterocycles. The van der Waals surface area contributed by atoms with E-state index in [1.54, 1.807) is 0 Å². The van der Waals surface area contributed by atoms with Gasteiger partial charge in [0.15, 0.2) is 6.29 Å². The summed E-state index contributed by atoms with van der Waals surface area (Å²) in [5.41, 5.74) is 0.518. The van der Waals surface area contributed by atoms with Crippen LogP contribution >= 0.6 is 12.6 Å². The van der Waals surface area contributed by atoms with Crippen LogP contribution in [0.1, 0.15) is 36.2 Å². The largest absolute Gasteiger partial charge is 0.344 e. The number of thiol groups is 1. The fourth-order valence-electron chi connectivity index (χ4n) is 2.47. The maximum atomic E-state index is 11.8. The molecular formula is C16H19NO2S. The first-order valence-corrected chi connectivity index (χ1v) is 7.59. The number of carbonyl (C=O) groups is 2. The van der Waals surface area contributed by atoms with Gasteiger partial charge in [-0.3, -0.25) is 9.59 Å². The van der Waals surface area contributed by atoms with Gasteiger partial charge in [0, 0.05) is 23.5 Å². The number of fused-ring (bicyclic) bond motifs is 1. The molecule has 0 aliphatic carbocycles. The van der Waals surface area contributed by atoms with E-state index in [1.165, 1.54) is 0 Å². The fourth-order valence-corrected chi connectivity index (χ4v) is 2.69. The van der Waals surface area contributed by atoms with E-state index in [4.69, 9.17) is 0 Å². The molecule has 4 heteroatoms. The summed E-state index contributed by atoms with van der Waals surface area (Å²) in [5, 5.41) is 1.87. The molecule has 0 radical (unpaired) electrons. The molecular weight excluding hydrogens is 270 g/mol. The van der Waals surface area contributed by atoms with Crippen molar-refractivity contribution in [2.24, 2.45) is 0 Å². The predicted octanol–water partition coefficient (Wildman–Crippen LogP) is 3.51. The maximum Gasteiger partial charge on any atom is 0.242 e. The van der Waals surface area contributed by atoms with E-state index < -0.39 is 5.78 Å². The van der Waals surface area contributed by atoms with Crippen molar-refractivity contribution in [3.63, 3.8) is 0 Å². The van der Waals surface area contributed by atoms with Gasteiger partial charge in [-0.05, 0) is 18.6 Å². The molecule has 1 aromatic carbocycles. The van der Waals surface area contributed by atoms with Crippen LogP contribution in [0.25, 0.3) is 10.8 Å². The average Bonchev–Trinajstić information content (AvgIpc) is 2.84. The monoisotopic (exact) mass is 289 g/mol. The summed E-state index contributed by atoms with van der Waals surface area (Å²) in [6, 6.07) is 7.69. The molecule has 0 saturated carbocycles. The molecule has 1 aromatic heterocycles. The standard InChI is InChI=1S/C16H19NO2S/c18-12-15(19)16-14-8-4-3-7-13(14)11-17(16)9-5-1-2-6-10-20/h3-4,7-8,11-12,20H,1-2,5-6,9-10H2. The number of Topliss-reactive ketones (excluding diaryl/α,β-unsaturated/α-hetero) is 1. The molecule has 106 valence electrons. The van der Waals surface area contributed by atoms with Crippen LogP contribution in [0.15, 0.2) is 30.5 Å². The van der Waals surface area contributed by atoms with Crippen molar-refractivity contribution in [2.75, 3.05) is 5.75 Å². The molecule has 0 unspecified atom stereocenters. The van der Waals surface area contributed by atoms with Gasteiger partial charge in [-0.25, -0.2) is 0 Å². The Balaban J connectivity index is 2.18. The third-order valence-electron chi connectivity index (χ3n) is 3.45. The zero-order valence-electron chi connectivity index (χ0n) is 11.4. The molecule has 20 heavy (non-hydrogen) atoms. The Hall–Kier alpha value is -1.55. The van der Waals surface area contributed by atoms with Gasteiger partial charge in [0.2, 0.25) is 5.78 Å². The molecule has 0 N–H and O–H groups in total. The zero-order valence-corrected chi connectivity index (χ0v) is 12.3. The fraction of sp³-hybridized carbons (Fsp3) is 0.375. The molecule has 2 rings (SSSR count). The third-order valence-corrected chi connectivity index (χ3v) is 3.76. The van der Waals surface area contributed by atoms with E-state index in [-0.39, 0.29) is 0 Å². The van der Waals surface area contributed by atoms with Crippen molar-refractivity contribution >= 4 is 35.5 Å². The molecule has 0 fully saturated rings. The summed E-state index contributed by atoms with van der Waals surface area (Å²) in [4.78, 5) is 22.7. The molecule has 0 bridgehead atoms. The zero-order chi connectivity index (χ0) is 14.4. The van der Waals surface area contributed by atoms with E-state index in [0.29, 0.717) is 12.0 Å². The Morgan fingerprint density at radius 3 is 2.65 bits per heavy atom. The third kappa shape index (κ3) is 3.31. The number of aryl methyl sites for hydroxylation is 1. The number of carbonyl (C=O) groups excluding carboxylic acids is 2. The van der Waals surface area contributed by atoms with Gasteiger partial charge in [-0.15, -0.1) is 0 Å². The molecule has 3 nitrogen and oxygen atoms in total. The lowest BCUT2D eigenvalue weighted by atomic mass is 10.1. The minimum absolute atomic E-state index is 0.402. The van der Waals surface area contributed by atoms with Gasteiger partial charge in [0.05, 0.1) is 0 Å². The maximum absolute atomic E-state index is 11.8. The smallest absolute Gasteiger partial charge is 0.242 e. The van der Waals surface area contributed by atoms with Crippen molar-refractivity contribution in [1.82, 2.24) is 4.57 Å². The second-order valence-corrected chi connectivity index (χ2v) is 5.33. The summed E-state index contributed by atoms with van der Waals surface area (Å²) < 4.78 is 1.92. The minimum Gasteiger partial charge on any atom is -0.344 e. The van der Waals surface area contributed by atoms with Crippen molar-refractivity contribution in [3.8, 4) is 0 Å². The highest BCUT2D eigenvalue weighted by molar-refractivity contribution is 7.80. The van der Waals surface area contributed by atoms with E-state index in [2.05, 4.69) is 12.6 Å². The van der Waals surface area contributed by atoms with Gasteiger partial charge >= 0.3 is 0 Å². The highest BCUT2D eigenvalue weighted by atomic mass is 32.1. The van der Waals surface area contributed by atoms with Crippen LogP contribution in [-0.2, 0) is 11.3 Å². The predicted molar refractivity (Wildman–Crippen MR) is 84.7 cm³/mol. The molecule has 2 aromatic rings. The molecule has 0 aliphatic heterocycles. The summed E-state index contributed by atoms with van der Waals surface area (Å²) in [6.45, 7) is 0.774. The topological polar surface area (TPSA) is 39.1 Å². The van der Waals surface area contributed by atoms with Crippen molar-refractivity contribution < 1.29 is 9.59 Å². The van der Waals surface area contributed by atoms with Gasteiger partial charge in [0.25, 0.3) is 0 Å². The molecule has 0 atom stereocenters. The number of nitrogens with zero attached hydrogens (tertiary/aromatic N) is 1. The van der Waals surface area contributed by atoms with Crippen LogP contribution in [0, 0.1) is 0 Å². The normalized spacial score (nSPS) is 10.8. The van der Waals surface area contributed by atoms with E-state index >= 15 is 0 Å². The Morgan fingerprint density at radius 1 is 1.15 bits per heavy atom. The summed E-state index contributed by atoms with van der Waals surface area (Å²) in [6.07, 6.45) is 6.76. The van der Waals surface area contributed by atoms with Gasteiger partial charge < -0.3 is 4.57 Å². The minimum atomic E-state index is -0.443. The molecule has 0 amide bonds. The second kappa shape index (κ2) is 7.29. The number of aldehydes is 1. The first kappa shape index (κ1) is 14.9. The van der Waals surface area contributed by atoms with Crippen LogP contribution in [-0.4, -0.2) is 22.4 Å². The van der Waals surface area contributed by atoms with Gasteiger partial charge in [0.1, 0.15) is 5.69 Å². The summed E-state index contributed by atoms with van der Waals surface area (Å²) in [5.74, 6) is 0.476. The number of hydrogen-bond donors (Lipinski definition) is 1. The summed E-state index contributed by atoms with van der Waals surface area (Å²) in [7, 11) is 0. The highest BCUT2D eigenvalue weighted by Gasteiger charge is 2.15. The van der Waals surface area contributed by atoms with Crippen LogP contribution < -0.4 is 0 Å². The van der Waals surface area contributed by atoms with E-state index in [1.807, 2.05) is 35.0 Å². The summed E-state index contributed by atoms with van der Waals surface area (Å²) >= 11 is 4.19. The van der Waals surface area contributed by atoms with E-state index in [9.17, 15) is 9.59 Å². The first-order chi connectivity index (χ1) is 9.77. The van der Waals surface area contributed by atoms with Crippen LogP contribution in [0.2, 0.25) is 0 Å². The quantitative estimate of drug-likeness (QED) is 0.265. The van der Waals surface area contributed by atoms with Gasteiger partial charge in [-0.1, -0.05) is 37.1 Å². The van der Waals surface area contributed by atoms with Crippen molar-refractivity contribution in [1.29, 1.82) is 0 Å². The Morgan fingerprint density at radius 2 is 1.90 bits per heavy atom. The highest BCUT2D eigenvalue weighted by Crippen LogP contribution is 2.22. The number of unbranched alkanes of at least 4 members (excludes halogenated alkanes) is 3.